The molecule has 164 valence electrons. The molecule has 0 fully saturated rings. The number of aromatic nitrogens is 3. The molecule has 0 bridgehead atoms. The van der Waals surface area contributed by atoms with Crippen LogP contribution in [0.2, 0.25) is 0 Å². The molecule has 1 amide bonds. The lowest BCUT2D eigenvalue weighted by molar-refractivity contribution is -0.116. The smallest absolute Gasteiger partial charge is 0.278 e. The summed E-state index contributed by atoms with van der Waals surface area (Å²) in [7, 11) is 0. The van der Waals surface area contributed by atoms with E-state index in [1.54, 1.807) is 10.6 Å². The minimum absolute atomic E-state index is 0.105. The molecular weight excluding hydrogens is 419 g/mol. The highest BCUT2D eigenvalue weighted by Gasteiger charge is 2.19. The van der Waals surface area contributed by atoms with Crippen molar-refractivity contribution in [3.05, 3.63) is 106 Å². The number of anilines is 1. The second-order valence-electron chi connectivity index (χ2n) is 8.02. The van der Waals surface area contributed by atoms with E-state index in [2.05, 4.69) is 10.3 Å². The van der Waals surface area contributed by atoms with Gasteiger partial charge in [-0.05, 0) is 42.8 Å². The number of amides is 1. The molecule has 2 heterocycles. The lowest BCUT2D eigenvalue weighted by Crippen LogP contribution is -2.25. The van der Waals surface area contributed by atoms with Crippen molar-refractivity contribution < 1.29 is 9.18 Å². The molecular formula is C26H21FN4O2. The fourth-order valence-corrected chi connectivity index (χ4v) is 4.01. The molecule has 3 aromatic carbocycles. The van der Waals surface area contributed by atoms with Crippen LogP contribution in [0.15, 0.2) is 83.9 Å². The van der Waals surface area contributed by atoms with E-state index in [1.165, 1.54) is 23.0 Å². The Bertz CT molecular complexity index is 1540. The molecule has 0 atom stereocenters. The van der Waals surface area contributed by atoms with Crippen LogP contribution in [-0.2, 0) is 17.9 Å². The summed E-state index contributed by atoms with van der Waals surface area (Å²) in [6, 6.07) is 21.3. The molecule has 0 unspecified atom stereocenters. The quantitative estimate of drug-likeness (QED) is 0.438. The number of aryl methyl sites for hydroxylation is 1. The highest BCUT2D eigenvalue weighted by atomic mass is 19.1. The summed E-state index contributed by atoms with van der Waals surface area (Å²) in [5.41, 5.74) is 3.64. The predicted molar refractivity (Wildman–Crippen MR) is 127 cm³/mol. The van der Waals surface area contributed by atoms with Crippen molar-refractivity contribution in [1.82, 2.24) is 14.1 Å². The van der Waals surface area contributed by atoms with Crippen molar-refractivity contribution >= 4 is 33.5 Å². The first-order valence-corrected chi connectivity index (χ1v) is 10.6. The van der Waals surface area contributed by atoms with Gasteiger partial charge in [0, 0.05) is 11.1 Å². The van der Waals surface area contributed by atoms with Gasteiger partial charge >= 0.3 is 0 Å². The first kappa shape index (κ1) is 20.6. The first-order valence-electron chi connectivity index (χ1n) is 10.6. The Hall–Kier alpha value is -4.26. The van der Waals surface area contributed by atoms with E-state index in [4.69, 9.17) is 0 Å². The molecule has 6 nitrogen and oxygen atoms in total. The summed E-state index contributed by atoms with van der Waals surface area (Å²) in [5, 5.41) is 3.36. The third-order valence-corrected chi connectivity index (χ3v) is 5.62. The maximum atomic E-state index is 14.0. The molecule has 0 spiro atoms. The summed E-state index contributed by atoms with van der Waals surface area (Å²) in [6.07, 6.45) is 1.47. The van der Waals surface area contributed by atoms with Gasteiger partial charge in [0.1, 0.15) is 23.4 Å². The minimum atomic E-state index is -0.430. The van der Waals surface area contributed by atoms with Gasteiger partial charge in [-0.2, -0.15) is 0 Å². The maximum Gasteiger partial charge on any atom is 0.278 e. The van der Waals surface area contributed by atoms with Crippen molar-refractivity contribution in [2.75, 3.05) is 5.32 Å². The van der Waals surface area contributed by atoms with Gasteiger partial charge in [-0.1, -0.05) is 48.0 Å². The molecule has 2 aromatic heterocycles. The SMILES string of the molecule is Cc1ccc(NC(=O)Cn2c3ccc(F)cc3c3ncn(Cc4ccccc4)c(=O)c32)cc1. The zero-order valence-electron chi connectivity index (χ0n) is 18.0. The number of nitrogens with one attached hydrogen (secondary N) is 1. The summed E-state index contributed by atoms with van der Waals surface area (Å²) in [4.78, 5) is 30.8. The second kappa shape index (κ2) is 8.35. The number of halogens is 1. The second-order valence-corrected chi connectivity index (χ2v) is 8.02. The zero-order chi connectivity index (χ0) is 22.9. The van der Waals surface area contributed by atoms with Gasteiger partial charge in [0.15, 0.2) is 0 Å². The highest BCUT2D eigenvalue weighted by Crippen LogP contribution is 2.26. The van der Waals surface area contributed by atoms with E-state index in [0.29, 0.717) is 28.7 Å². The lowest BCUT2D eigenvalue weighted by atomic mass is 10.2. The maximum absolute atomic E-state index is 14.0. The van der Waals surface area contributed by atoms with E-state index in [0.717, 1.165) is 11.1 Å². The fraction of sp³-hybridized carbons (Fsp3) is 0.115. The van der Waals surface area contributed by atoms with Crippen LogP contribution >= 0.6 is 0 Å². The molecule has 33 heavy (non-hydrogen) atoms. The average molecular weight is 440 g/mol. The Labute approximate surface area is 188 Å². The van der Waals surface area contributed by atoms with Crippen LogP contribution < -0.4 is 10.9 Å². The summed E-state index contributed by atoms with van der Waals surface area (Å²) in [5.74, 6) is -0.722. The molecule has 7 heteroatoms. The Morgan fingerprint density at radius 1 is 1.03 bits per heavy atom. The molecule has 0 radical (unpaired) electrons. The number of hydrogen-bond donors (Lipinski definition) is 1. The van der Waals surface area contributed by atoms with Gasteiger partial charge in [-0.3, -0.25) is 14.2 Å². The number of carbonyl (C=O) groups is 1. The highest BCUT2D eigenvalue weighted by molar-refractivity contribution is 6.06. The van der Waals surface area contributed by atoms with E-state index in [-0.39, 0.29) is 23.5 Å². The van der Waals surface area contributed by atoms with Gasteiger partial charge in [0.2, 0.25) is 5.91 Å². The Morgan fingerprint density at radius 3 is 2.55 bits per heavy atom. The van der Waals surface area contributed by atoms with Gasteiger partial charge in [-0.15, -0.1) is 0 Å². The molecule has 5 aromatic rings. The van der Waals surface area contributed by atoms with Crippen molar-refractivity contribution in [3.8, 4) is 0 Å². The third kappa shape index (κ3) is 4.01. The van der Waals surface area contributed by atoms with Crippen LogP contribution in [-0.4, -0.2) is 20.0 Å². The largest absolute Gasteiger partial charge is 0.325 e. The summed E-state index contributed by atoms with van der Waals surface area (Å²) < 4.78 is 17.1. The fourth-order valence-electron chi connectivity index (χ4n) is 4.01. The zero-order valence-corrected chi connectivity index (χ0v) is 18.0. The van der Waals surface area contributed by atoms with Crippen molar-refractivity contribution in [3.63, 3.8) is 0 Å². The molecule has 0 saturated heterocycles. The van der Waals surface area contributed by atoms with Crippen LogP contribution in [0.4, 0.5) is 10.1 Å². The Kier molecular flexibility index (Phi) is 5.22. The number of fused-ring (bicyclic) bond motifs is 3. The summed E-state index contributed by atoms with van der Waals surface area (Å²) >= 11 is 0. The molecule has 0 aliphatic heterocycles. The van der Waals surface area contributed by atoms with Crippen molar-refractivity contribution in [2.45, 2.75) is 20.0 Å². The van der Waals surface area contributed by atoms with Crippen LogP contribution in [0.5, 0.6) is 0 Å². The van der Waals surface area contributed by atoms with Crippen LogP contribution in [0, 0.1) is 12.7 Å². The molecule has 0 aliphatic rings. The average Bonchev–Trinajstić information content (AvgIpc) is 3.11. The van der Waals surface area contributed by atoms with Crippen LogP contribution in [0.25, 0.3) is 21.9 Å². The van der Waals surface area contributed by atoms with E-state index < -0.39 is 5.82 Å². The normalized spacial score (nSPS) is 11.2. The Morgan fingerprint density at radius 2 is 1.79 bits per heavy atom. The number of benzene rings is 3. The third-order valence-electron chi connectivity index (χ3n) is 5.62. The number of nitrogens with zero attached hydrogens (tertiary/aromatic N) is 3. The standard InChI is InChI=1S/C26H21FN4O2/c1-17-7-10-20(11-8-17)29-23(32)15-31-22-12-9-19(27)13-21(22)24-25(31)26(33)30(16-28-24)14-18-5-3-2-4-6-18/h2-13,16H,14-15H2,1H3,(H,29,32). The summed E-state index contributed by atoms with van der Waals surface area (Å²) in [6.45, 7) is 2.20. The van der Waals surface area contributed by atoms with Gasteiger partial charge in [-0.25, -0.2) is 9.37 Å². The first-order chi connectivity index (χ1) is 16.0. The Balaban J connectivity index is 1.60. The van der Waals surface area contributed by atoms with Gasteiger partial charge in [0.05, 0.1) is 18.4 Å². The van der Waals surface area contributed by atoms with Crippen molar-refractivity contribution in [2.24, 2.45) is 0 Å². The molecule has 0 saturated carbocycles. The number of carbonyl (C=O) groups excluding carboxylic acids is 1. The van der Waals surface area contributed by atoms with E-state index in [9.17, 15) is 14.0 Å². The number of hydrogen-bond acceptors (Lipinski definition) is 3. The van der Waals surface area contributed by atoms with Crippen LogP contribution in [0.3, 0.4) is 0 Å². The topological polar surface area (TPSA) is 68.9 Å². The number of rotatable bonds is 5. The van der Waals surface area contributed by atoms with E-state index in [1.807, 2.05) is 61.5 Å². The molecule has 5 rings (SSSR count). The molecule has 1 N–H and O–H groups in total. The van der Waals surface area contributed by atoms with Gasteiger partial charge in [0.25, 0.3) is 5.56 Å². The van der Waals surface area contributed by atoms with Crippen molar-refractivity contribution in [1.29, 1.82) is 0 Å². The van der Waals surface area contributed by atoms with E-state index >= 15 is 0 Å². The van der Waals surface area contributed by atoms with Crippen LogP contribution in [0.1, 0.15) is 11.1 Å². The minimum Gasteiger partial charge on any atom is -0.325 e. The predicted octanol–water partition coefficient (Wildman–Crippen LogP) is 4.49. The monoisotopic (exact) mass is 440 g/mol. The lowest BCUT2D eigenvalue weighted by Gasteiger charge is -2.10. The van der Waals surface area contributed by atoms with Gasteiger partial charge < -0.3 is 9.88 Å². The molecule has 0 aliphatic carbocycles.